The number of ether oxygens (including phenoxy) is 2. The summed E-state index contributed by atoms with van der Waals surface area (Å²) in [5, 5.41) is 15.8. The number of amides is 2. The number of anilines is 2. The normalized spacial score (nSPS) is 14.1. The van der Waals surface area contributed by atoms with Gasteiger partial charge in [-0.05, 0) is 43.5 Å². The minimum atomic E-state index is -0.231. The highest BCUT2D eigenvalue weighted by atomic mass is 32.1. The molecule has 2 aliphatic rings. The fourth-order valence-corrected chi connectivity index (χ4v) is 5.04. The molecule has 1 aliphatic heterocycles. The summed E-state index contributed by atoms with van der Waals surface area (Å²) in [6, 6.07) is 7.48. The lowest BCUT2D eigenvalue weighted by Gasteiger charge is -2.21. The van der Waals surface area contributed by atoms with Crippen molar-refractivity contribution >= 4 is 33.8 Å². The SMILES string of the molecule is CCN(CC(=O)Nc1ccc2c(c1)OCCO2)CC(=O)Nc1sc2c(c1C#N)CCC2. The summed E-state index contributed by atoms with van der Waals surface area (Å²) in [5.74, 6) is 0.809. The molecular formula is C22H24N4O4S. The molecule has 2 N–H and O–H groups in total. The number of likely N-dealkylation sites (N-methyl/N-ethyl adjacent to an activating group) is 1. The van der Waals surface area contributed by atoms with Crippen molar-refractivity contribution in [3.63, 3.8) is 0 Å². The number of nitrogens with one attached hydrogen (secondary N) is 2. The zero-order chi connectivity index (χ0) is 21.8. The molecule has 1 aromatic carbocycles. The Hall–Kier alpha value is -3.09. The average Bonchev–Trinajstić information content (AvgIpc) is 3.33. The third-order valence-electron chi connectivity index (χ3n) is 5.29. The minimum Gasteiger partial charge on any atom is -0.486 e. The van der Waals surface area contributed by atoms with Crippen LogP contribution in [0.2, 0.25) is 0 Å². The van der Waals surface area contributed by atoms with Crippen LogP contribution in [0.1, 0.15) is 29.3 Å². The van der Waals surface area contributed by atoms with Crippen molar-refractivity contribution in [2.75, 3.05) is 43.5 Å². The molecule has 2 amide bonds. The lowest BCUT2D eigenvalue weighted by atomic mass is 10.1. The fraction of sp³-hybridized carbons (Fsp3) is 0.409. The summed E-state index contributed by atoms with van der Waals surface area (Å²) >= 11 is 1.49. The number of fused-ring (bicyclic) bond motifs is 2. The Bertz CT molecular complexity index is 1040. The highest BCUT2D eigenvalue weighted by Gasteiger charge is 2.24. The second kappa shape index (κ2) is 9.37. The molecule has 8 nitrogen and oxygen atoms in total. The zero-order valence-electron chi connectivity index (χ0n) is 17.3. The maximum absolute atomic E-state index is 12.6. The van der Waals surface area contributed by atoms with Crippen molar-refractivity contribution in [2.24, 2.45) is 0 Å². The first-order valence-corrected chi connectivity index (χ1v) is 11.2. The van der Waals surface area contributed by atoms with Crippen LogP contribution < -0.4 is 20.1 Å². The van der Waals surface area contributed by atoms with Crippen LogP contribution in [0.5, 0.6) is 11.5 Å². The number of thiophene rings is 1. The Morgan fingerprint density at radius 1 is 1.13 bits per heavy atom. The highest BCUT2D eigenvalue weighted by Crippen LogP contribution is 2.38. The van der Waals surface area contributed by atoms with Crippen molar-refractivity contribution in [1.29, 1.82) is 5.26 Å². The van der Waals surface area contributed by atoms with Crippen LogP contribution in [-0.4, -0.2) is 49.6 Å². The van der Waals surface area contributed by atoms with Crippen molar-refractivity contribution in [3.05, 3.63) is 34.2 Å². The number of carbonyl (C=O) groups is 2. The van der Waals surface area contributed by atoms with E-state index in [0.717, 1.165) is 24.8 Å². The van der Waals surface area contributed by atoms with Crippen LogP contribution in [0, 0.1) is 11.3 Å². The summed E-state index contributed by atoms with van der Waals surface area (Å²) in [6.45, 7) is 3.56. The number of nitriles is 1. The van der Waals surface area contributed by atoms with E-state index in [1.807, 2.05) is 6.92 Å². The topological polar surface area (TPSA) is 104 Å². The summed E-state index contributed by atoms with van der Waals surface area (Å²) in [4.78, 5) is 28.0. The molecule has 162 valence electrons. The molecule has 31 heavy (non-hydrogen) atoms. The van der Waals surface area contributed by atoms with Crippen LogP contribution >= 0.6 is 11.3 Å². The fourth-order valence-electron chi connectivity index (χ4n) is 3.78. The molecule has 1 aromatic heterocycles. The number of benzene rings is 1. The lowest BCUT2D eigenvalue weighted by molar-refractivity contribution is -0.119. The Balaban J connectivity index is 1.32. The van der Waals surface area contributed by atoms with E-state index in [9.17, 15) is 14.9 Å². The van der Waals surface area contributed by atoms with E-state index < -0.39 is 0 Å². The first-order valence-electron chi connectivity index (χ1n) is 10.3. The smallest absolute Gasteiger partial charge is 0.239 e. The van der Waals surface area contributed by atoms with Crippen LogP contribution in [-0.2, 0) is 22.4 Å². The Labute approximate surface area is 184 Å². The van der Waals surface area contributed by atoms with Crippen LogP contribution in [0.3, 0.4) is 0 Å². The number of carbonyl (C=O) groups excluding carboxylic acids is 2. The van der Waals surface area contributed by atoms with Crippen LogP contribution in [0.15, 0.2) is 18.2 Å². The van der Waals surface area contributed by atoms with Crippen LogP contribution in [0.4, 0.5) is 10.7 Å². The second-order valence-electron chi connectivity index (χ2n) is 7.43. The molecule has 0 saturated heterocycles. The molecule has 0 bridgehead atoms. The third kappa shape index (κ3) is 4.81. The Morgan fingerprint density at radius 3 is 2.61 bits per heavy atom. The van der Waals surface area contributed by atoms with E-state index >= 15 is 0 Å². The van der Waals surface area contributed by atoms with E-state index in [-0.39, 0.29) is 24.9 Å². The Kier molecular flexibility index (Phi) is 6.39. The molecule has 0 atom stereocenters. The van der Waals surface area contributed by atoms with Gasteiger partial charge in [0.2, 0.25) is 11.8 Å². The third-order valence-corrected chi connectivity index (χ3v) is 6.50. The van der Waals surface area contributed by atoms with Crippen LogP contribution in [0.25, 0.3) is 0 Å². The maximum atomic E-state index is 12.6. The zero-order valence-corrected chi connectivity index (χ0v) is 18.1. The van der Waals surface area contributed by atoms with Crippen molar-refractivity contribution in [3.8, 4) is 17.6 Å². The van der Waals surface area contributed by atoms with Gasteiger partial charge in [0.15, 0.2) is 11.5 Å². The van der Waals surface area contributed by atoms with Gasteiger partial charge >= 0.3 is 0 Å². The lowest BCUT2D eigenvalue weighted by Crippen LogP contribution is -2.38. The molecule has 0 radical (unpaired) electrons. The van der Waals surface area contributed by atoms with Gasteiger partial charge in [-0.1, -0.05) is 6.92 Å². The number of aryl methyl sites for hydroxylation is 1. The predicted octanol–water partition coefficient (Wildman–Crippen LogP) is 2.78. The Morgan fingerprint density at radius 2 is 1.87 bits per heavy atom. The van der Waals surface area contributed by atoms with Gasteiger partial charge in [0, 0.05) is 16.6 Å². The van der Waals surface area contributed by atoms with Gasteiger partial charge < -0.3 is 20.1 Å². The molecule has 0 saturated carbocycles. The molecule has 0 unspecified atom stereocenters. The van der Waals surface area contributed by atoms with Gasteiger partial charge in [-0.15, -0.1) is 11.3 Å². The largest absolute Gasteiger partial charge is 0.486 e. The van der Waals surface area contributed by atoms with Gasteiger partial charge in [0.05, 0.1) is 18.7 Å². The quantitative estimate of drug-likeness (QED) is 0.686. The van der Waals surface area contributed by atoms with Gasteiger partial charge in [0.1, 0.15) is 24.3 Å². The molecule has 2 heterocycles. The molecule has 1 aliphatic carbocycles. The monoisotopic (exact) mass is 440 g/mol. The summed E-state index contributed by atoms with van der Waals surface area (Å²) < 4.78 is 11.0. The molecule has 4 rings (SSSR count). The van der Waals surface area contributed by atoms with E-state index in [2.05, 4.69) is 16.7 Å². The van der Waals surface area contributed by atoms with E-state index in [1.54, 1.807) is 23.1 Å². The van der Waals surface area contributed by atoms with Crippen molar-refractivity contribution < 1.29 is 19.1 Å². The summed E-state index contributed by atoms with van der Waals surface area (Å²) in [5.41, 5.74) is 2.28. The van der Waals surface area contributed by atoms with E-state index in [4.69, 9.17) is 9.47 Å². The number of rotatable bonds is 7. The number of nitrogens with zero attached hydrogens (tertiary/aromatic N) is 2. The highest BCUT2D eigenvalue weighted by molar-refractivity contribution is 7.16. The molecule has 0 spiro atoms. The molecule has 2 aromatic rings. The number of hydrogen-bond acceptors (Lipinski definition) is 7. The van der Waals surface area contributed by atoms with E-state index in [0.29, 0.717) is 47.5 Å². The second-order valence-corrected chi connectivity index (χ2v) is 8.54. The predicted molar refractivity (Wildman–Crippen MR) is 118 cm³/mol. The summed E-state index contributed by atoms with van der Waals surface area (Å²) in [7, 11) is 0. The maximum Gasteiger partial charge on any atom is 0.239 e. The van der Waals surface area contributed by atoms with E-state index in [1.165, 1.54) is 16.2 Å². The number of hydrogen-bond donors (Lipinski definition) is 2. The van der Waals surface area contributed by atoms with Crippen molar-refractivity contribution in [1.82, 2.24) is 4.90 Å². The minimum absolute atomic E-state index is 0.0680. The van der Waals surface area contributed by atoms with Gasteiger partial charge in [-0.2, -0.15) is 5.26 Å². The standard InChI is InChI=1S/C22H24N4O4S/c1-2-26(12-20(27)24-14-6-7-17-18(10-14)30-9-8-29-17)13-21(28)25-22-16(11-23)15-4-3-5-19(15)31-22/h6-7,10H,2-5,8-9,12-13H2,1H3,(H,24,27)(H,25,28). The van der Waals surface area contributed by atoms with Gasteiger partial charge in [0.25, 0.3) is 0 Å². The van der Waals surface area contributed by atoms with Gasteiger partial charge in [-0.25, -0.2) is 0 Å². The van der Waals surface area contributed by atoms with Crippen molar-refractivity contribution in [2.45, 2.75) is 26.2 Å². The first kappa shape index (κ1) is 21.2. The first-order chi connectivity index (χ1) is 15.1. The van der Waals surface area contributed by atoms with Gasteiger partial charge in [-0.3, -0.25) is 14.5 Å². The average molecular weight is 441 g/mol. The molecule has 9 heteroatoms. The molecule has 0 fully saturated rings. The molecular weight excluding hydrogens is 416 g/mol. The summed E-state index contributed by atoms with van der Waals surface area (Å²) in [6.07, 6.45) is 2.92.